The van der Waals surface area contributed by atoms with Gasteiger partial charge in [-0.1, -0.05) is 34.1 Å². The molecule has 0 radical (unpaired) electrons. The molecule has 1 aliphatic heterocycles. The van der Waals surface area contributed by atoms with Crippen molar-refractivity contribution in [3.8, 4) is 0 Å². The predicted molar refractivity (Wildman–Crippen MR) is 88.3 cm³/mol. The summed E-state index contributed by atoms with van der Waals surface area (Å²) in [6.07, 6.45) is 3.99. The molecule has 0 amide bonds. The summed E-state index contributed by atoms with van der Waals surface area (Å²) in [6.45, 7) is 4.29. The highest BCUT2D eigenvalue weighted by atomic mass is 79.9. The first kappa shape index (κ1) is 13.5. The van der Waals surface area contributed by atoms with Crippen LogP contribution in [0.25, 0.3) is 0 Å². The number of hydrogen-bond acceptors (Lipinski definition) is 3. The van der Waals surface area contributed by atoms with Gasteiger partial charge in [0.15, 0.2) is 5.17 Å². The van der Waals surface area contributed by atoms with Crippen LogP contribution in [0.3, 0.4) is 0 Å². The first-order chi connectivity index (χ1) is 9.13. The fraction of sp³-hybridized carbons (Fsp3) is 0.533. The Balaban J connectivity index is 1.82. The lowest BCUT2D eigenvalue weighted by Gasteiger charge is -2.24. The van der Waals surface area contributed by atoms with Crippen molar-refractivity contribution in [1.82, 2.24) is 0 Å². The van der Waals surface area contributed by atoms with Crippen molar-refractivity contribution >= 4 is 38.5 Å². The van der Waals surface area contributed by atoms with Crippen LogP contribution >= 0.6 is 27.7 Å². The summed E-state index contributed by atoms with van der Waals surface area (Å²) in [5, 5.41) is 4.66. The molecule has 2 aliphatic rings. The van der Waals surface area contributed by atoms with Crippen molar-refractivity contribution < 1.29 is 0 Å². The Bertz CT molecular complexity index is 504. The zero-order valence-electron chi connectivity index (χ0n) is 11.4. The van der Waals surface area contributed by atoms with Crippen molar-refractivity contribution in [1.29, 1.82) is 0 Å². The molecule has 1 aromatic carbocycles. The van der Waals surface area contributed by atoms with E-state index in [2.05, 4.69) is 47.2 Å². The highest BCUT2D eigenvalue weighted by Crippen LogP contribution is 2.36. The fourth-order valence-electron chi connectivity index (χ4n) is 3.04. The molecule has 1 aromatic rings. The van der Waals surface area contributed by atoms with E-state index in [1.54, 1.807) is 0 Å². The zero-order chi connectivity index (χ0) is 13.4. The van der Waals surface area contributed by atoms with Gasteiger partial charge in [-0.3, -0.25) is 4.99 Å². The van der Waals surface area contributed by atoms with Gasteiger partial charge in [0.2, 0.25) is 0 Å². The number of aliphatic imine (C=N–C) groups is 1. The number of anilines is 1. The van der Waals surface area contributed by atoms with E-state index in [1.165, 1.54) is 41.8 Å². The van der Waals surface area contributed by atoms with E-state index < -0.39 is 0 Å². The monoisotopic (exact) mass is 338 g/mol. The van der Waals surface area contributed by atoms with Crippen LogP contribution < -0.4 is 5.32 Å². The summed E-state index contributed by atoms with van der Waals surface area (Å²) in [4.78, 5) is 4.90. The van der Waals surface area contributed by atoms with Crippen molar-refractivity contribution in [3.63, 3.8) is 0 Å². The highest BCUT2D eigenvalue weighted by molar-refractivity contribution is 9.10. The molecule has 2 unspecified atom stereocenters. The molecule has 19 heavy (non-hydrogen) atoms. The van der Waals surface area contributed by atoms with Crippen LogP contribution in [0.5, 0.6) is 0 Å². The number of nitrogens with one attached hydrogen (secondary N) is 1. The van der Waals surface area contributed by atoms with Crippen LogP contribution in [-0.4, -0.2) is 17.0 Å². The molecule has 0 bridgehead atoms. The second-order valence-corrected chi connectivity index (χ2v) is 7.47. The molecule has 1 N–H and O–H groups in total. The van der Waals surface area contributed by atoms with Gasteiger partial charge in [0, 0.05) is 15.9 Å². The van der Waals surface area contributed by atoms with E-state index in [0.29, 0.717) is 6.04 Å². The predicted octanol–water partition coefficient (Wildman–Crippen LogP) is 4.75. The topological polar surface area (TPSA) is 24.4 Å². The third kappa shape index (κ3) is 2.84. The molecule has 3 rings (SSSR count). The van der Waals surface area contributed by atoms with Gasteiger partial charge >= 0.3 is 0 Å². The average molecular weight is 339 g/mol. The van der Waals surface area contributed by atoms with Crippen molar-refractivity contribution in [2.24, 2.45) is 10.9 Å². The molecular formula is C15H19BrN2S. The number of rotatable bonds is 1. The smallest absolute Gasteiger partial charge is 0.161 e. The Labute approximate surface area is 127 Å². The molecule has 102 valence electrons. The fourth-order valence-corrected chi connectivity index (χ4v) is 4.87. The minimum atomic E-state index is 0.569. The molecule has 0 saturated heterocycles. The molecule has 1 heterocycles. The molecule has 1 aliphatic carbocycles. The third-order valence-corrected chi connectivity index (χ3v) is 5.60. The van der Waals surface area contributed by atoms with Crippen molar-refractivity contribution in [2.75, 3.05) is 11.1 Å². The van der Waals surface area contributed by atoms with Gasteiger partial charge in [-0.15, -0.1) is 0 Å². The van der Waals surface area contributed by atoms with Crippen LogP contribution in [0, 0.1) is 19.8 Å². The van der Waals surface area contributed by atoms with E-state index in [4.69, 9.17) is 4.99 Å². The minimum Gasteiger partial charge on any atom is -0.335 e. The summed E-state index contributed by atoms with van der Waals surface area (Å²) in [7, 11) is 0. The maximum absolute atomic E-state index is 4.90. The van der Waals surface area contributed by atoms with Gasteiger partial charge in [0.1, 0.15) is 0 Å². The molecular weight excluding hydrogens is 320 g/mol. The molecule has 0 spiro atoms. The first-order valence-corrected chi connectivity index (χ1v) is 8.65. The van der Waals surface area contributed by atoms with Gasteiger partial charge in [-0.05, 0) is 55.9 Å². The Morgan fingerprint density at radius 2 is 2.00 bits per heavy atom. The van der Waals surface area contributed by atoms with Crippen LogP contribution in [0.2, 0.25) is 0 Å². The van der Waals surface area contributed by atoms with Gasteiger partial charge in [0.05, 0.1) is 6.04 Å². The van der Waals surface area contributed by atoms with E-state index in [-0.39, 0.29) is 0 Å². The second kappa shape index (κ2) is 5.49. The van der Waals surface area contributed by atoms with Gasteiger partial charge in [-0.25, -0.2) is 0 Å². The average Bonchev–Trinajstić information content (AvgIpc) is 2.81. The Morgan fingerprint density at radius 1 is 1.26 bits per heavy atom. The van der Waals surface area contributed by atoms with Crippen LogP contribution in [0.1, 0.15) is 30.4 Å². The number of benzene rings is 1. The van der Waals surface area contributed by atoms with Crippen molar-refractivity contribution in [3.05, 3.63) is 27.7 Å². The first-order valence-electron chi connectivity index (χ1n) is 6.88. The molecule has 1 fully saturated rings. The van der Waals surface area contributed by atoms with Crippen LogP contribution in [-0.2, 0) is 0 Å². The Hall–Kier alpha value is -0.480. The molecule has 4 heteroatoms. The lowest BCUT2D eigenvalue weighted by atomic mass is 10.1. The number of hydrogen-bond donors (Lipinski definition) is 1. The second-order valence-electron chi connectivity index (χ2n) is 5.54. The van der Waals surface area contributed by atoms with Crippen LogP contribution in [0.15, 0.2) is 21.6 Å². The number of aryl methyl sites for hydroxylation is 2. The van der Waals surface area contributed by atoms with Crippen LogP contribution in [0.4, 0.5) is 5.69 Å². The summed E-state index contributed by atoms with van der Waals surface area (Å²) < 4.78 is 1.14. The number of halogens is 1. The summed E-state index contributed by atoms with van der Waals surface area (Å²) >= 11 is 5.43. The number of nitrogens with zero attached hydrogens (tertiary/aromatic N) is 1. The van der Waals surface area contributed by atoms with Gasteiger partial charge in [-0.2, -0.15) is 0 Å². The third-order valence-electron chi connectivity index (χ3n) is 4.07. The lowest BCUT2D eigenvalue weighted by Crippen LogP contribution is -2.25. The summed E-state index contributed by atoms with van der Waals surface area (Å²) in [5.74, 6) is 2.05. The lowest BCUT2D eigenvalue weighted by molar-refractivity contribution is 0.535. The highest BCUT2D eigenvalue weighted by Gasteiger charge is 2.31. The van der Waals surface area contributed by atoms with E-state index in [9.17, 15) is 0 Å². The quantitative estimate of drug-likeness (QED) is 0.798. The largest absolute Gasteiger partial charge is 0.335 e. The van der Waals surface area contributed by atoms with E-state index >= 15 is 0 Å². The zero-order valence-corrected chi connectivity index (χ0v) is 13.8. The molecule has 0 aromatic heterocycles. The summed E-state index contributed by atoms with van der Waals surface area (Å²) in [6, 6.07) is 4.88. The standard InChI is InChI=1S/C15H19BrN2S/c1-9-6-12(16)7-10(2)14(9)18-15-17-13-5-3-4-11(13)8-19-15/h6-7,11,13H,3-5,8H2,1-2H3,(H,17,18). The van der Waals surface area contributed by atoms with Crippen molar-refractivity contribution in [2.45, 2.75) is 39.2 Å². The number of fused-ring (bicyclic) bond motifs is 1. The maximum Gasteiger partial charge on any atom is 0.161 e. The maximum atomic E-state index is 4.90. The Morgan fingerprint density at radius 3 is 2.74 bits per heavy atom. The summed E-state index contributed by atoms with van der Waals surface area (Å²) in [5.41, 5.74) is 3.75. The molecule has 2 nitrogen and oxygen atoms in total. The molecule has 2 atom stereocenters. The van der Waals surface area contributed by atoms with Gasteiger partial charge in [0.25, 0.3) is 0 Å². The minimum absolute atomic E-state index is 0.569. The SMILES string of the molecule is Cc1cc(Br)cc(C)c1NC1=NC2CCCC2CS1. The normalized spacial score (nSPS) is 25.9. The Kier molecular flexibility index (Phi) is 3.90. The number of thioether (sulfide) groups is 1. The molecule has 1 saturated carbocycles. The number of amidine groups is 1. The van der Waals surface area contributed by atoms with E-state index in [1.807, 2.05) is 11.8 Å². The van der Waals surface area contributed by atoms with Gasteiger partial charge < -0.3 is 5.32 Å². The van der Waals surface area contributed by atoms with E-state index in [0.717, 1.165) is 15.6 Å².